The van der Waals surface area contributed by atoms with E-state index < -0.39 is 11.7 Å². The molecule has 0 saturated carbocycles. The van der Waals surface area contributed by atoms with Crippen LogP contribution in [0, 0.1) is 26.6 Å². The molecule has 0 bridgehead atoms. The molecule has 1 aromatic carbocycles. The number of aromatic nitrogens is 4. The quantitative estimate of drug-likeness (QED) is 0.736. The molecular weight excluding hydrogens is 361 g/mol. The summed E-state index contributed by atoms with van der Waals surface area (Å²) in [5.41, 5.74) is 1.47. The number of rotatable bonds is 3. The number of anilines is 1. The number of hydrogen-bond acceptors (Lipinski definition) is 4. The first-order chi connectivity index (χ1) is 12.3. The first kappa shape index (κ1) is 17.8. The zero-order chi connectivity index (χ0) is 19.0. The van der Waals surface area contributed by atoms with Crippen LogP contribution in [0.4, 0.5) is 10.2 Å². The van der Waals surface area contributed by atoms with E-state index in [4.69, 9.17) is 11.6 Å². The molecule has 2 aromatic heterocycles. The van der Waals surface area contributed by atoms with Gasteiger partial charge in [-0.1, -0.05) is 11.6 Å². The van der Waals surface area contributed by atoms with E-state index in [1.54, 1.807) is 26.8 Å². The minimum Gasteiger partial charge on any atom is -0.306 e. The van der Waals surface area contributed by atoms with Gasteiger partial charge in [-0.3, -0.25) is 14.6 Å². The predicted molar refractivity (Wildman–Crippen MR) is 95.6 cm³/mol. The standard InChI is InChI=1S/C17H15ClFN5O2/c1-8-6-14(21-16(26)12-5-4-11(19)7-13(12)18)24(23-8)17-20-10(3)9(2)15(25)22-17/h4-7H,1-3H3,(H,21,26)(H,20,22,25). The maximum atomic E-state index is 13.2. The minimum absolute atomic E-state index is 0.0111. The van der Waals surface area contributed by atoms with Gasteiger partial charge in [0, 0.05) is 17.3 Å². The number of amides is 1. The number of aromatic amines is 1. The van der Waals surface area contributed by atoms with Crippen molar-refractivity contribution >= 4 is 23.3 Å². The lowest BCUT2D eigenvalue weighted by Crippen LogP contribution is -2.21. The van der Waals surface area contributed by atoms with Crippen LogP contribution >= 0.6 is 11.6 Å². The molecule has 0 aliphatic rings. The largest absolute Gasteiger partial charge is 0.306 e. The molecule has 0 aliphatic carbocycles. The van der Waals surface area contributed by atoms with Crippen LogP contribution in [-0.2, 0) is 0 Å². The van der Waals surface area contributed by atoms with E-state index in [9.17, 15) is 14.0 Å². The summed E-state index contributed by atoms with van der Waals surface area (Å²) in [4.78, 5) is 31.4. The molecule has 2 N–H and O–H groups in total. The molecule has 26 heavy (non-hydrogen) atoms. The van der Waals surface area contributed by atoms with Gasteiger partial charge in [-0.25, -0.2) is 9.37 Å². The molecule has 2 heterocycles. The third-order valence-corrected chi connectivity index (χ3v) is 4.14. The maximum absolute atomic E-state index is 13.2. The van der Waals surface area contributed by atoms with Crippen LogP contribution in [0.2, 0.25) is 5.02 Å². The molecule has 0 aliphatic heterocycles. The van der Waals surface area contributed by atoms with Gasteiger partial charge in [0.15, 0.2) is 0 Å². The average Bonchev–Trinajstić information content (AvgIpc) is 2.92. The SMILES string of the molecule is Cc1cc(NC(=O)c2ccc(F)cc2Cl)n(-c2nc(C)c(C)c(=O)[nH]2)n1. The first-order valence-corrected chi connectivity index (χ1v) is 8.05. The highest BCUT2D eigenvalue weighted by Gasteiger charge is 2.17. The van der Waals surface area contributed by atoms with Crippen molar-refractivity contribution in [2.75, 3.05) is 5.32 Å². The molecule has 134 valence electrons. The van der Waals surface area contributed by atoms with E-state index in [0.717, 1.165) is 12.1 Å². The van der Waals surface area contributed by atoms with Gasteiger partial charge >= 0.3 is 0 Å². The van der Waals surface area contributed by atoms with Crippen LogP contribution in [0.3, 0.4) is 0 Å². The van der Waals surface area contributed by atoms with E-state index in [1.807, 2.05) is 0 Å². The zero-order valence-electron chi connectivity index (χ0n) is 14.2. The fourth-order valence-electron chi connectivity index (χ4n) is 2.34. The van der Waals surface area contributed by atoms with Crippen LogP contribution in [0.5, 0.6) is 0 Å². The average molecular weight is 376 g/mol. The van der Waals surface area contributed by atoms with E-state index in [0.29, 0.717) is 22.8 Å². The summed E-state index contributed by atoms with van der Waals surface area (Å²) < 4.78 is 14.5. The Morgan fingerprint density at radius 1 is 1.27 bits per heavy atom. The summed E-state index contributed by atoms with van der Waals surface area (Å²) in [6.07, 6.45) is 0. The number of hydrogen-bond donors (Lipinski definition) is 2. The zero-order valence-corrected chi connectivity index (χ0v) is 15.0. The Bertz CT molecular complexity index is 1070. The van der Waals surface area contributed by atoms with Gasteiger partial charge < -0.3 is 5.32 Å². The number of carbonyl (C=O) groups is 1. The second-order valence-electron chi connectivity index (χ2n) is 5.76. The Hall–Kier alpha value is -3.00. The Morgan fingerprint density at radius 3 is 2.65 bits per heavy atom. The third-order valence-electron chi connectivity index (χ3n) is 3.83. The minimum atomic E-state index is -0.540. The molecule has 9 heteroatoms. The highest BCUT2D eigenvalue weighted by molar-refractivity contribution is 6.34. The van der Waals surface area contributed by atoms with Crippen LogP contribution in [0.15, 0.2) is 29.1 Å². The van der Waals surface area contributed by atoms with E-state index in [-0.39, 0.29) is 22.1 Å². The molecule has 3 aromatic rings. The maximum Gasteiger partial charge on any atom is 0.258 e. The number of aryl methyl sites for hydroxylation is 2. The third kappa shape index (κ3) is 3.36. The summed E-state index contributed by atoms with van der Waals surface area (Å²) >= 11 is 5.93. The highest BCUT2D eigenvalue weighted by atomic mass is 35.5. The molecule has 0 spiro atoms. The number of nitrogens with zero attached hydrogens (tertiary/aromatic N) is 3. The van der Waals surface area contributed by atoms with Gasteiger partial charge in [0.2, 0.25) is 5.95 Å². The Kier molecular flexibility index (Phi) is 4.60. The van der Waals surface area contributed by atoms with Crippen LogP contribution in [0.1, 0.15) is 27.3 Å². The fourth-order valence-corrected chi connectivity index (χ4v) is 2.59. The van der Waals surface area contributed by atoms with Crippen LogP contribution in [-0.4, -0.2) is 25.7 Å². The second kappa shape index (κ2) is 6.72. The fraction of sp³-hybridized carbons (Fsp3) is 0.176. The monoisotopic (exact) mass is 375 g/mol. The summed E-state index contributed by atoms with van der Waals surface area (Å²) in [7, 11) is 0. The van der Waals surface area contributed by atoms with Crippen molar-refractivity contribution in [3.63, 3.8) is 0 Å². The number of halogens is 2. The van der Waals surface area contributed by atoms with Crippen LogP contribution in [0.25, 0.3) is 5.95 Å². The molecular formula is C17H15ClFN5O2. The van der Waals surface area contributed by atoms with Gasteiger partial charge in [-0.2, -0.15) is 9.78 Å². The highest BCUT2D eigenvalue weighted by Crippen LogP contribution is 2.20. The normalized spacial score (nSPS) is 10.8. The lowest BCUT2D eigenvalue weighted by Gasteiger charge is -2.10. The lowest BCUT2D eigenvalue weighted by atomic mass is 10.2. The van der Waals surface area contributed by atoms with Crippen LogP contribution < -0.4 is 10.9 Å². The van der Waals surface area contributed by atoms with Crippen molar-refractivity contribution in [1.29, 1.82) is 0 Å². The summed E-state index contributed by atoms with van der Waals surface area (Å²) in [5, 5.41) is 6.89. The second-order valence-corrected chi connectivity index (χ2v) is 6.17. The summed E-state index contributed by atoms with van der Waals surface area (Å²) in [5.74, 6) is -0.613. The van der Waals surface area contributed by atoms with Crippen molar-refractivity contribution in [2.24, 2.45) is 0 Å². The molecule has 0 radical (unpaired) electrons. The predicted octanol–water partition coefficient (Wildman–Crippen LogP) is 2.93. The molecule has 0 saturated heterocycles. The van der Waals surface area contributed by atoms with E-state index >= 15 is 0 Å². The van der Waals surface area contributed by atoms with E-state index in [1.165, 1.54) is 10.7 Å². The van der Waals surface area contributed by atoms with Gasteiger partial charge in [-0.15, -0.1) is 0 Å². The van der Waals surface area contributed by atoms with Crippen molar-refractivity contribution in [1.82, 2.24) is 19.7 Å². The lowest BCUT2D eigenvalue weighted by molar-refractivity contribution is 0.102. The Morgan fingerprint density at radius 2 is 2.00 bits per heavy atom. The van der Waals surface area contributed by atoms with E-state index in [2.05, 4.69) is 20.4 Å². The van der Waals surface area contributed by atoms with Gasteiger partial charge in [0.05, 0.1) is 16.3 Å². The van der Waals surface area contributed by atoms with Crippen molar-refractivity contribution in [3.8, 4) is 5.95 Å². The van der Waals surface area contributed by atoms with Crippen molar-refractivity contribution in [3.05, 3.63) is 68.0 Å². The smallest absolute Gasteiger partial charge is 0.258 e. The van der Waals surface area contributed by atoms with Gasteiger partial charge in [0.1, 0.15) is 11.6 Å². The van der Waals surface area contributed by atoms with Crippen molar-refractivity contribution in [2.45, 2.75) is 20.8 Å². The molecule has 0 unspecified atom stereocenters. The van der Waals surface area contributed by atoms with Gasteiger partial charge in [0.25, 0.3) is 11.5 Å². The number of H-pyrrole nitrogens is 1. The Balaban J connectivity index is 2.00. The number of carbonyl (C=O) groups excluding carboxylic acids is 1. The molecule has 7 nitrogen and oxygen atoms in total. The summed E-state index contributed by atoms with van der Waals surface area (Å²) in [6, 6.07) is 5.11. The van der Waals surface area contributed by atoms with Gasteiger partial charge in [-0.05, 0) is 39.0 Å². The van der Waals surface area contributed by atoms with Crippen molar-refractivity contribution < 1.29 is 9.18 Å². The summed E-state index contributed by atoms with van der Waals surface area (Å²) in [6.45, 7) is 5.11. The Labute approximate surface area is 152 Å². The molecule has 0 fully saturated rings. The number of nitrogens with one attached hydrogen (secondary N) is 2. The molecule has 3 rings (SSSR count). The molecule has 1 amide bonds. The molecule has 0 atom stereocenters. The number of benzene rings is 1. The first-order valence-electron chi connectivity index (χ1n) is 7.67. The topological polar surface area (TPSA) is 92.7 Å².